The standard InChI is InChI=1S/C73H123NO13/c1-3-5-7-9-11-13-15-17-19-21-23-25-27-28-29-30-31-32-33-35-36-38-40-42-44-46-48-50-52-54-56-62(77)61(60-84-72-70(83)68(81)71(64(59-76)86-72)87-73-69(82)67(80)66(79)63(58-75)85-73)74-65(78)57-55-53-51-49-47-45-43-41-39-37-34-26-24-22-20-18-16-14-12-10-8-6-4-2/h6,8,12,14,18,20,24,26,37-40,43,45-46,48-49,51,54,56,61-64,66-73,75-77,79-83H,3-5,7,9-11,13,15-17,19,21-23,25,27-36,41-42,44,47,50,52-53,55,57-60H2,1-2H3,(H,74,78)/b8-6-,14-12-,20-18-,26-24-,39-37-,40-38+,45-43-,48-46+,51-49-,56-54+. The number of hydrogen-bond donors (Lipinski definition) is 9. The fourth-order valence-electron chi connectivity index (χ4n) is 10.4. The molecule has 2 rings (SSSR count). The average Bonchev–Trinajstić information content (AvgIpc) is 2.33. The second kappa shape index (κ2) is 56.4. The molecule has 0 bridgehead atoms. The Balaban J connectivity index is 1.75. The van der Waals surface area contributed by atoms with Gasteiger partial charge in [-0.15, -0.1) is 0 Å². The molecule has 2 aliphatic rings. The zero-order chi connectivity index (χ0) is 63.1. The first kappa shape index (κ1) is 79.5. The topological polar surface area (TPSA) is 228 Å². The van der Waals surface area contributed by atoms with Gasteiger partial charge in [-0.3, -0.25) is 4.79 Å². The predicted octanol–water partition coefficient (Wildman–Crippen LogP) is 13.7. The summed E-state index contributed by atoms with van der Waals surface area (Å²) in [6.45, 7) is 2.63. The van der Waals surface area contributed by atoms with Gasteiger partial charge in [-0.05, 0) is 96.3 Å². The van der Waals surface area contributed by atoms with Gasteiger partial charge in [0.1, 0.15) is 48.8 Å². The lowest BCUT2D eigenvalue weighted by atomic mass is 9.97. The molecule has 0 aromatic heterocycles. The molecule has 498 valence electrons. The number of carbonyl (C=O) groups is 1. The lowest BCUT2D eigenvalue weighted by Crippen LogP contribution is -2.65. The van der Waals surface area contributed by atoms with Crippen LogP contribution >= 0.6 is 0 Å². The van der Waals surface area contributed by atoms with Crippen molar-refractivity contribution in [2.75, 3.05) is 19.8 Å². The largest absolute Gasteiger partial charge is 0.394 e. The number of unbranched alkanes of at least 4 members (excludes halogenated alkanes) is 23. The average molecular weight is 1220 g/mol. The first-order valence-corrected chi connectivity index (χ1v) is 34.3. The van der Waals surface area contributed by atoms with Gasteiger partial charge in [-0.2, -0.15) is 0 Å². The highest BCUT2D eigenvalue weighted by Gasteiger charge is 2.51. The highest BCUT2D eigenvalue weighted by atomic mass is 16.7. The minimum Gasteiger partial charge on any atom is -0.394 e. The van der Waals surface area contributed by atoms with E-state index in [4.69, 9.17) is 18.9 Å². The molecule has 12 unspecified atom stereocenters. The molecule has 2 aliphatic heterocycles. The van der Waals surface area contributed by atoms with Crippen molar-refractivity contribution in [3.63, 3.8) is 0 Å². The van der Waals surface area contributed by atoms with E-state index >= 15 is 0 Å². The zero-order valence-corrected chi connectivity index (χ0v) is 54.0. The van der Waals surface area contributed by atoms with E-state index in [1.165, 1.54) is 128 Å². The molecule has 2 fully saturated rings. The third-order valence-corrected chi connectivity index (χ3v) is 15.9. The molecular weight excluding hydrogens is 1100 g/mol. The number of allylic oxidation sites excluding steroid dienone is 19. The summed E-state index contributed by atoms with van der Waals surface area (Å²) in [5, 5.41) is 87.3. The van der Waals surface area contributed by atoms with Crippen LogP contribution in [0, 0.1) is 0 Å². The summed E-state index contributed by atoms with van der Waals surface area (Å²) in [5.41, 5.74) is 0. The summed E-state index contributed by atoms with van der Waals surface area (Å²) in [5.74, 6) is -0.314. The molecule has 12 atom stereocenters. The van der Waals surface area contributed by atoms with Crippen LogP contribution in [0.3, 0.4) is 0 Å². The minimum absolute atomic E-state index is 0.182. The van der Waals surface area contributed by atoms with Gasteiger partial charge < -0.3 is 65.1 Å². The fraction of sp³-hybridized carbons (Fsp3) is 0.712. The van der Waals surface area contributed by atoms with Crippen LogP contribution in [0.1, 0.15) is 239 Å². The first-order valence-electron chi connectivity index (χ1n) is 34.3. The number of ether oxygens (including phenoxy) is 4. The van der Waals surface area contributed by atoms with Gasteiger partial charge in [0, 0.05) is 6.42 Å². The lowest BCUT2D eigenvalue weighted by molar-refractivity contribution is -0.359. The molecule has 1 amide bonds. The Morgan fingerprint density at radius 2 is 0.805 bits per heavy atom. The second-order valence-corrected chi connectivity index (χ2v) is 23.5. The molecule has 14 nitrogen and oxygen atoms in total. The summed E-state index contributed by atoms with van der Waals surface area (Å²) < 4.78 is 22.8. The SMILES string of the molecule is CC/C=C\C/C=C\C/C=C\C/C=C\C/C=C\C/C=C\C/C=C\CCCC(=O)NC(COC1OC(CO)C(OC2OC(CO)C(O)C(O)C2O)C(O)C1O)C(O)/C=C/CC/C=C/CC/C=C/CCCCCCCCCCCCCCCCCCCCCC. The number of aliphatic hydroxyl groups excluding tert-OH is 8. The normalized spacial score (nSPS) is 24.1. The summed E-state index contributed by atoms with van der Waals surface area (Å²) in [4.78, 5) is 13.3. The third-order valence-electron chi connectivity index (χ3n) is 15.9. The molecule has 0 aromatic rings. The second-order valence-electron chi connectivity index (χ2n) is 23.5. The van der Waals surface area contributed by atoms with Gasteiger partial charge in [0.25, 0.3) is 0 Å². The highest BCUT2D eigenvalue weighted by Crippen LogP contribution is 2.30. The van der Waals surface area contributed by atoms with Crippen molar-refractivity contribution in [3.05, 3.63) is 122 Å². The number of aliphatic hydroxyl groups is 8. The first-order chi connectivity index (χ1) is 42.6. The van der Waals surface area contributed by atoms with Crippen molar-refractivity contribution in [2.45, 2.75) is 312 Å². The van der Waals surface area contributed by atoms with Gasteiger partial charge >= 0.3 is 0 Å². The van der Waals surface area contributed by atoms with Crippen molar-refractivity contribution in [3.8, 4) is 0 Å². The molecule has 14 heteroatoms. The number of nitrogens with one attached hydrogen (secondary N) is 1. The molecule has 0 radical (unpaired) electrons. The number of hydrogen-bond acceptors (Lipinski definition) is 13. The number of amides is 1. The smallest absolute Gasteiger partial charge is 0.220 e. The highest BCUT2D eigenvalue weighted by molar-refractivity contribution is 5.76. The molecule has 87 heavy (non-hydrogen) atoms. The Morgan fingerprint density at radius 1 is 0.425 bits per heavy atom. The summed E-state index contributed by atoms with van der Waals surface area (Å²) >= 11 is 0. The van der Waals surface area contributed by atoms with E-state index in [1.54, 1.807) is 6.08 Å². The van der Waals surface area contributed by atoms with Crippen molar-refractivity contribution < 1.29 is 64.6 Å². The lowest BCUT2D eigenvalue weighted by Gasteiger charge is -2.46. The quantitative estimate of drug-likeness (QED) is 0.0204. The van der Waals surface area contributed by atoms with Gasteiger partial charge in [-0.1, -0.05) is 257 Å². The van der Waals surface area contributed by atoms with E-state index in [0.717, 1.165) is 70.6 Å². The molecule has 0 aromatic carbocycles. The Labute approximate surface area is 527 Å². The van der Waals surface area contributed by atoms with E-state index in [-0.39, 0.29) is 18.9 Å². The van der Waals surface area contributed by atoms with E-state index in [1.807, 2.05) is 12.2 Å². The zero-order valence-electron chi connectivity index (χ0n) is 54.0. The van der Waals surface area contributed by atoms with E-state index in [0.29, 0.717) is 19.3 Å². The Kier molecular flexibility index (Phi) is 51.5. The van der Waals surface area contributed by atoms with Crippen molar-refractivity contribution in [2.24, 2.45) is 0 Å². The Bertz CT molecular complexity index is 1920. The maximum Gasteiger partial charge on any atom is 0.220 e. The minimum atomic E-state index is -1.81. The number of carbonyl (C=O) groups excluding carboxylic acids is 1. The Morgan fingerprint density at radius 3 is 1.26 bits per heavy atom. The fourth-order valence-corrected chi connectivity index (χ4v) is 10.4. The van der Waals surface area contributed by atoms with Gasteiger partial charge in [-0.25, -0.2) is 0 Å². The van der Waals surface area contributed by atoms with E-state index < -0.39 is 86.8 Å². The summed E-state index contributed by atoms with van der Waals surface area (Å²) in [7, 11) is 0. The van der Waals surface area contributed by atoms with Crippen molar-refractivity contribution in [1.82, 2.24) is 5.32 Å². The summed E-state index contributed by atoms with van der Waals surface area (Å²) in [6, 6.07) is -0.980. The van der Waals surface area contributed by atoms with Gasteiger partial charge in [0.05, 0.1) is 32.0 Å². The molecule has 9 N–H and O–H groups in total. The molecule has 0 saturated carbocycles. The maximum atomic E-state index is 13.3. The molecule has 0 spiro atoms. The molecule has 2 heterocycles. The van der Waals surface area contributed by atoms with Crippen molar-refractivity contribution >= 4 is 5.91 Å². The maximum absolute atomic E-state index is 13.3. The van der Waals surface area contributed by atoms with Crippen LogP contribution in [0.15, 0.2) is 122 Å². The summed E-state index contributed by atoms with van der Waals surface area (Å²) in [6.07, 6.45) is 65.5. The molecular formula is C73H123NO13. The number of rotatable bonds is 54. The van der Waals surface area contributed by atoms with Crippen LogP contribution in [0.25, 0.3) is 0 Å². The van der Waals surface area contributed by atoms with Crippen LogP contribution in [-0.2, 0) is 23.7 Å². The van der Waals surface area contributed by atoms with E-state index in [9.17, 15) is 45.6 Å². The molecule has 2 saturated heterocycles. The monoisotopic (exact) mass is 1220 g/mol. The Hall–Kier alpha value is -3.61. The van der Waals surface area contributed by atoms with Crippen molar-refractivity contribution in [1.29, 1.82) is 0 Å². The predicted molar refractivity (Wildman–Crippen MR) is 355 cm³/mol. The van der Waals surface area contributed by atoms with Crippen LogP contribution < -0.4 is 5.32 Å². The van der Waals surface area contributed by atoms with Crippen LogP contribution in [-0.4, -0.2) is 140 Å². The molecule has 0 aliphatic carbocycles. The van der Waals surface area contributed by atoms with Crippen LogP contribution in [0.5, 0.6) is 0 Å². The third kappa shape index (κ3) is 40.7. The van der Waals surface area contributed by atoms with Gasteiger partial charge in [0.15, 0.2) is 12.6 Å². The van der Waals surface area contributed by atoms with E-state index in [2.05, 4.69) is 122 Å². The van der Waals surface area contributed by atoms with Crippen LogP contribution in [0.4, 0.5) is 0 Å². The van der Waals surface area contributed by atoms with Crippen LogP contribution in [0.2, 0.25) is 0 Å². The van der Waals surface area contributed by atoms with Gasteiger partial charge in [0.2, 0.25) is 5.91 Å².